The summed E-state index contributed by atoms with van der Waals surface area (Å²) in [5.74, 6) is -3.21. The zero-order chi connectivity index (χ0) is 40.2. The van der Waals surface area contributed by atoms with Crippen LogP contribution in [0.5, 0.6) is 0 Å². The molecule has 1 saturated heterocycles. The number of carboxylic acid groups (broad SMARTS) is 1. The van der Waals surface area contributed by atoms with Crippen molar-refractivity contribution in [3.05, 3.63) is 35.9 Å². The SMILES string of the molecule is CCC(C)[C@@H]([C@@H](CC(=O)N1CCC[C@H]1C(OC)[C@@H](C)C(=O)N[C@@H](Cc1ccccc1)C(=O)O)OC)N(C)C(=O)[C@@H](NC(=O)[C@H](C(C)C)N(C)C)C(C)C. The van der Waals surface area contributed by atoms with Crippen LogP contribution in [0.4, 0.5) is 0 Å². The number of benzene rings is 1. The molecular weight excluding hydrogens is 678 g/mol. The zero-order valence-electron chi connectivity index (χ0n) is 34.1. The molecule has 0 saturated carbocycles. The van der Waals surface area contributed by atoms with Gasteiger partial charge in [0.1, 0.15) is 12.1 Å². The van der Waals surface area contributed by atoms with Crippen LogP contribution in [0.1, 0.15) is 79.7 Å². The molecule has 2 rings (SSSR count). The van der Waals surface area contributed by atoms with E-state index in [4.69, 9.17) is 9.47 Å². The highest BCUT2D eigenvalue weighted by Crippen LogP contribution is 2.30. The number of rotatable bonds is 21. The van der Waals surface area contributed by atoms with Gasteiger partial charge in [0.15, 0.2) is 0 Å². The minimum atomic E-state index is -1.14. The van der Waals surface area contributed by atoms with Crippen molar-refractivity contribution < 1.29 is 38.6 Å². The molecule has 1 aliphatic rings. The van der Waals surface area contributed by atoms with Crippen molar-refractivity contribution in [1.82, 2.24) is 25.3 Å². The smallest absolute Gasteiger partial charge is 0.326 e. The van der Waals surface area contributed by atoms with Crippen LogP contribution in [-0.2, 0) is 39.9 Å². The lowest BCUT2D eigenvalue weighted by atomic mass is 9.89. The molecule has 13 nitrogen and oxygen atoms in total. The Morgan fingerprint density at radius 1 is 0.906 bits per heavy atom. The predicted molar refractivity (Wildman–Crippen MR) is 205 cm³/mol. The van der Waals surface area contributed by atoms with Crippen LogP contribution in [0.15, 0.2) is 30.3 Å². The summed E-state index contributed by atoms with van der Waals surface area (Å²) < 4.78 is 11.9. The van der Waals surface area contributed by atoms with E-state index in [0.29, 0.717) is 19.4 Å². The summed E-state index contributed by atoms with van der Waals surface area (Å²) in [6, 6.07) is 5.89. The highest BCUT2D eigenvalue weighted by Gasteiger charge is 2.43. The van der Waals surface area contributed by atoms with Crippen LogP contribution >= 0.6 is 0 Å². The van der Waals surface area contributed by atoms with E-state index >= 15 is 0 Å². The van der Waals surface area contributed by atoms with E-state index in [1.54, 1.807) is 23.8 Å². The van der Waals surface area contributed by atoms with Crippen LogP contribution in [-0.4, -0.2) is 134 Å². The molecule has 1 heterocycles. The Labute approximate surface area is 317 Å². The zero-order valence-corrected chi connectivity index (χ0v) is 34.1. The lowest BCUT2D eigenvalue weighted by Crippen LogP contribution is -2.59. The van der Waals surface area contributed by atoms with E-state index in [-0.39, 0.29) is 48.3 Å². The van der Waals surface area contributed by atoms with Gasteiger partial charge >= 0.3 is 5.97 Å². The summed E-state index contributed by atoms with van der Waals surface area (Å²) in [4.78, 5) is 72.5. The number of aliphatic carboxylic acids is 1. The van der Waals surface area contributed by atoms with Crippen molar-refractivity contribution in [3.8, 4) is 0 Å². The van der Waals surface area contributed by atoms with E-state index in [1.165, 1.54) is 14.2 Å². The Morgan fingerprint density at radius 2 is 1.53 bits per heavy atom. The molecule has 300 valence electrons. The Bertz CT molecular complexity index is 1330. The number of ether oxygens (including phenoxy) is 2. The predicted octanol–water partition coefficient (Wildman–Crippen LogP) is 3.45. The minimum Gasteiger partial charge on any atom is -0.480 e. The first-order valence-electron chi connectivity index (χ1n) is 19.1. The fourth-order valence-corrected chi connectivity index (χ4v) is 7.76. The molecule has 1 aliphatic heterocycles. The van der Waals surface area contributed by atoms with Crippen molar-refractivity contribution in [2.75, 3.05) is 41.9 Å². The third-order valence-electron chi connectivity index (χ3n) is 10.8. The number of hydrogen-bond donors (Lipinski definition) is 3. The number of likely N-dealkylation sites (N-methyl/N-ethyl adjacent to an activating group) is 2. The van der Waals surface area contributed by atoms with Crippen molar-refractivity contribution >= 4 is 29.6 Å². The van der Waals surface area contributed by atoms with Gasteiger partial charge in [0, 0.05) is 34.2 Å². The number of hydrogen-bond acceptors (Lipinski definition) is 8. The number of amides is 4. The number of likely N-dealkylation sites (tertiary alicyclic amines) is 1. The maximum absolute atomic E-state index is 14.2. The quantitative estimate of drug-likeness (QED) is 0.172. The molecule has 0 spiro atoms. The molecular formula is C40H67N5O8. The van der Waals surface area contributed by atoms with Gasteiger partial charge in [-0.25, -0.2) is 4.79 Å². The second kappa shape index (κ2) is 21.4. The van der Waals surface area contributed by atoms with Gasteiger partial charge in [-0.05, 0) is 50.3 Å². The molecule has 0 aromatic heterocycles. The third-order valence-corrected chi connectivity index (χ3v) is 10.8. The van der Waals surface area contributed by atoms with Crippen molar-refractivity contribution in [1.29, 1.82) is 0 Å². The van der Waals surface area contributed by atoms with Crippen LogP contribution in [0.2, 0.25) is 0 Å². The third kappa shape index (κ3) is 12.2. The average Bonchev–Trinajstić information content (AvgIpc) is 3.59. The van der Waals surface area contributed by atoms with Gasteiger partial charge < -0.3 is 35.0 Å². The lowest BCUT2D eigenvalue weighted by Gasteiger charge is -2.41. The Balaban J connectivity index is 2.27. The first-order chi connectivity index (χ1) is 24.9. The summed E-state index contributed by atoms with van der Waals surface area (Å²) in [5, 5.41) is 15.6. The van der Waals surface area contributed by atoms with Crippen LogP contribution in [0.3, 0.4) is 0 Å². The Kier molecular flexibility index (Phi) is 18.4. The van der Waals surface area contributed by atoms with Crippen LogP contribution in [0.25, 0.3) is 0 Å². The summed E-state index contributed by atoms with van der Waals surface area (Å²) in [6.07, 6.45) is 0.820. The van der Waals surface area contributed by atoms with Crippen LogP contribution in [0, 0.1) is 23.7 Å². The van der Waals surface area contributed by atoms with Gasteiger partial charge in [0.05, 0.1) is 42.7 Å². The molecule has 3 N–H and O–H groups in total. The second-order valence-electron chi connectivity index (χ2n) is 15.6. The first kappa shape index (κ1) is 45.6. The fraction of sp³-hybridized carbons (Fsp3) is 0.725. The molecule has 4 amide bonds. The highest BCUT2D eigenvalue weighted by molar-refractivity contribution is 5.90. The van der Waals surface area contributed by atoms with Gasteiger partial charge in [0.2, 0.25) is 23.6 Å². The lowest BCUT2D eigenvalue weighted by molar-refractivity contribution is -0.148. The van der Waals surface area contributed by atoms with E-state index < -0.39 is 60.2 Å². The minimum absolute atomic E-state index is 0.0104. The number of carboxylic acids is 1. The van der Waals surface area contributed by atoms with E-state index in [2.05, 4.69) is 10.6 Å². The molecule has 0 bridgehead atoms. The summed E-state index contributed by atoms with van der Waals surface area (Å²) in [7, 11) is 8.44. The molecule has 0 aliphatic carbocycles. The monoisotopic (exact) mass is 745 g/mol. The van der Waals surface area contributed by atoms with E-state index in [0.717, 1.165) is 12.0 Å². The number of carbonyl (C=O) groups excluding carboxylic acids is 4. The summed E-state index contributed by atoms with van der Waals surface area (Å²) in [6.45, 7) is 13.9. The fourth-order valence-electron chi connectivity index (χ4n) is 7.76. The maximum atomic E-state index is 14.2. The largest absolute Gasteiger partial charge is 0.480 e. The maximum Gasteiger partial charge on any atom is 0.326 e. The molecule has 1 aromatic rings. The summed E-state index contributed by atoms with van der Waals surface area (Å²) in [5.41, 5.74) is 0.785. The number of nitrogens with one attached hydrogen (secondary N) is 2. The van der Waals surface area contributed by atoms with Gasteiger partial charge in [-0.1, -0.05) is 85.2 Å². The first-order valence-corrected chi connectivity index (χ1v) is 19.1. The van der Waals surface area contributed by atoms with Crippen molar-refractivity contribution in [2.24, 2.45) is 23.7 Å². The van der Waals surface area contributed by atoms with E-state index in [9.17, 15) is 29.1 Å². The van der Waals surface area contributed by atoms with Crippen molar-refractivity contribution in [2.45, 2.75) is 123 Å². The van der Waals surface area contributed by atoms with Crippen LogP contribution < -0.4 is 10.6 Å². The van der Waals surface area contributed by atoms with Gasteiger partial charge in [-0.3, -0.25) is 24.1 Å². The molecule has 1 fully saturated rings. The topological polar surface area (TPSA) is 158 Å². The number of carbonyl (C=O) groups is 5. The molecule has 0 radical (unpaired) electrons. The Morgan fingerprint density at radius 3 is 2.02 bits per heavy atom. The normalized spacial score (nSPS) is 19.2. The van der Waals surface area contributed by atoms with Gasteiger partial charge in [-0.2, -0.15) is 0 Å². The highest BCUT2D eigenvalue weighted by atomic mass is 16.5. The molecule has 13 heteroatoms. The molecule has 1 aromatic carbocycles. The second-order valence-corrected chi connectivity index (χ2v) is 15.6. The number of nitrogens with zero attached hydrogens (tertiary/aromatic N) is 3. The molecule has 53 heavy (non-hydrogen) atoms. The Hall–Kier alpha value is -3.55. The van der Waals surface area contributed by atoms with Gasteiger partial charge in [-0.15, -0.1) is 0 Å². The van der Waals surface area contributed by atoms with Gasteiger partial charge in [0.25, 0.3) is 0 Å². The molecule has 2 unspecified atom stereocenters. The van der Waals surface area contributed by atoms with Crippen molar-refractivity contribution in [3.63, 3.8) is 0 Å². The standard InChI is InChI=1S/C40H67N5O8/c1-13-26(6)35(44(10)39(49)33(24(2)3)42-38(48)34(25(4)5)43(8)9)31(52-11)23-32(46)45-21-17-20-30(45)36(53-12)27(7)37(47)41-29(40(50)51)22-28-18-15-14-16-19-28/h14-16,18-19,24-27,29-31,33-36H,13,17,20-23H2,1-12H3,(H,41,47)(H,42,48)(H,50,51)/t26?,27-,29+,30+,31-,33+,34+,35+,36?/m1/s1. The average molecular weight is 746 g/mol. The summed E-state index contributed by atoms with van der Waals surface area (Å²) >= 11 is 0. The van der Waals surface area contributed by atoms with E-state index in [1.807, 2.05) is 90.9 Å². The molecule has 9 atom stereocenters. The number of methoxy groups -OCH3 is 2.